The number of likely N-dealkylation sites (N-methyl/N-ethyl adjacent to an activating group) is 1. The van der Waals surface area contributed by atoms with Crippen LogP contribution in [0.5, 0.6) is 0 Å². The molecule has 1 N–H and O–H groups in total. The smallest absolute Gasteiger partial charge is 0.338 e. The molecule has 0 spiro atoms. The van der Waals surface area contributed by atoms with Crippen LogP contribution in [0.4, 0.5) is 4.39 Å². The Morgan fingerprint density at radius 2 is 2.17 bits per heavy atom. The van der Waals surface area contributed by atoms with Gasteiger partial charge in [0.2, 0.25) is 0 Å². The summed E-state index contributed by atoms with van der Waals surface area (Å²) < 4.78 is 19.7. The number of aromatic nitrogens is 1. The van der Waals surface area contributed by atoms with E-state index in [1.807, 2.05) is 24.1 Å². The predicted molar refractivity (Wildman–Crippen MR) is 166 cm³/mol. The van der Waals surface area contributed by atoms with Crippen molar-refractivity contribution in [2.45, 2.75) is 25.9 Å². The van der Waals surface area contributed by atoms with Crippen LogP contribution in [0.3, 0.4) is 0 Å². The summed E-state index contributed by atoms with van der Waals surface area (Å²) in [4.78, 5) is 40.7. The van der Waals surface area contributed by atoms with Gasteiger partial charge in [0, 0.05) is 72.5 Å². The topological polar surface area (TPSA) is 90.4 Å². The lowest BCUT2D eigenvalue weighted by molar-refractivity contribution is -0.136. The second-order valence-electron chi connectivity index (χ2n) is 10.9. The second-order valence-corrected chi connectivity index (χ2v) is 12.9. The summed E-state index contributed by atoms with van der Waals surface area (Å²) in [5.41, 5.74) is 2.79. The van der Waals surface area contributed by atoms with Gasteiger partial charge in [-0.05, 0) is 24.7 Å². The van der Waals surface area contributed by atoms with E-state index < -0.39 is 23.2 Å². The van der Waals surface area contributed by atoms with Gasteiger partial charge in [0.05, 0.1) is 18.2 Å². The largest absolute Gasteiger partial charge is 0.466 e. The Balaban J connectivity index is 1.66. The van der Waals surface area contributed by atoms with Gasteiger partial charge in [-0.2, -0.15) is 0 Å². The van der Waals surface area contributed by atoms with Gasteiger partial charge in [-0.15, -0.1) is 11.3 Å². The number of piperazine rings is 1. The van der Waals surface area contributed by atoms with Crippen LogP contribution >= 0.6 is 39.5 Å². The third-order valence-electron chi connectivity index (χ3n) is 7.19. The molecular weight excluding hydrogens is 631 g/mol. The number of nitrogens with one attached hydrogen (secondary N) is 1. The normalized spacial score (nSPS) is 20.3. The van der Waals surface area contributed by atoms with Gasteiger partial charge in [0.15, 0.2) is 10.8 Å². The number of esters is 1. The standard InChI is InChI=1S/C28H34BrFN6O3S2/c1-28(2,16-37)15-36(17-40)13-19-12-35(9-8-34(19)3)14-22-23(27(38)39-4)24(20-6-5-18(30)11-21(20)29)33-25(32-22)26-31-7-10-41-26/h5-7,10-11,16-17,19,24H,8-9,12-15H2,1-4H3,(H,32,33)/t19-,24?/m0/s1. The lowest BCUT2D eigenvalue weighted by atomic mass is 9.94. The fourth-order valence-electron chi connectivity index (χ4n) is 5.02. The third kappa shape index (κ3) is 7.63. The summed E-state index contributed by atoms with van der Waals surface area (Å²) in [6.07, 6.45) is 2.66. The minimum Gasteiger partial charge on any atom is -0.466 e. The zero-order valence-corrected chi connectivity index (χ0v) is 26.7. The van der Waals surface area contributed by atoms with E-state index in [0.29, 0.717) is 58.3 Å². The maximum atomic E-state index is 14.0. The predicted octanol–water partition coefficient (Wildman–Crippen LogP) is 3.66. The Kier molecular flexibility index (Phi) is 10.4. The molecule has 0 aliphatic carbocycles. The van der Waals surface area contributed by atoms with Gasteiger partial charge in [0.25, 0.3) is 0 Å². The van der Waals surface area contributed by atoms with Crippen LogP contribution in [0.15, 0.2) is 50.5 Å². The molecule has 2 aliphatic rings. The Morgan fingerprint density at radius 1 is 1.39 bits per heavy atom. The van der Waals surface area contributed by atoms with Crippen LogP contribution in [0.25, 0.3) is 0 Å². The fraction of sp³-hybridized carbons (Fsp3) is 0.464. The van der Waals surface area contributed by atoms with Gasteiger partial charge in [-0.3, -0.25) is 14.8 Å². The third-order valence-corrected chi connectivity index (χ3v) is 8.95. The molecule has 1 aromatic carbocycles. The summed E-state index contributed by atoms with van der Waals surface area (Å²) in [7, 11) is 3.43. The van der Waals surface area contributed by atoms with Gasteiger partial charge in [-0.1, -0.05) is 48.1 Å². The molecule has 2 aromatic rings. The van der Waals surface area contributed by atoms with E-state index in [2.05, 4.69) is 43.1 Å². The number of thiazole rings is 1. The fourth-order valence-corrected chi connectivity index (χ4v) is 6.34. The molecule has 9 nitrogen and oxygen atoms in total. The summed E-state index contributed by atoms with van der Waals surface area (Å²) >= 11 is 10.2. The van der Waals surface area contributed by atoms with Gasteiger partial charge in [-0.25, -0.2) is 14.2 Å². The number of aldehydes is 1. The summed E-state index contributed by atoms with van der Waals surface area (Å²) in [6.45, 7) is 7.74. The van der Waals surface area contributed by atoms with Crippen LogP contribution in [0, 0.1) is 11.2 Å². The maximum absolute atomic E-state index is 14.0. The molecule has 0 radical (unpaired) electrons. The lowest BCUT2D eigenvalue weighted by Crippen LogP contribution is -2.56. The quantitative estimate of drug-likeness (QED) is 0.220. The molecule has 1 fully saturated rings. The Hall–Kier alpha value is -2.58. The number of aliphatic imine (C=N–C) groups is 1. The number of nitrogens with zero attached hydrogens (tertiary/aromatic N) is 5. The molecule has 13 heteroatoms. The van der Waals surface area contributed by atoms with Crippen molar-refractivity contribution in [3.8, 4) is 0 Å². The monoisotopic (exact) mass is 664 g/mol. The highest BCUT2D eigenvalue weighted by atomic mass is 79.9. The highest BCUT2D eigenvalue weighted by molar-refractivity contribution is 9.10. The molecule has 1 unspecified atom stereocenters. The average molecular weight is 666 g/mol. The van der Waals surface area contributed by atoms with Crippen molar-refractivity contribution < 1.29 is 18.7 Å². The number of benzene rings is 1. The number of amidine groups is 1. The molecule has 4 rings (SSSR count). The van der Waals surface area contributed by atoms with Crippen LogP contribution in [0.2, 0.25) is 0 Å². The number of carbonyl (C=O) groups is 2. The number of thiocarbonyl (C=S) groups is 1. The van der Waals surface area contributed by atoms with E-state index in [4.69, 9.17) is 21.9 Å². The zero-order chi connectivity index (χ0) is 29.7. The summed E-state index contributed by atoms with van der Waals surface area (Å²) in [6, 6.07) is 3.76. The molecule has 3 heterocycles. The second kappa shape index (κ2) is 13.6. The number of methoxy groups -OCH3 is 1. The average Bonchev–Trinajstić information content (AvgIpc) is 3.49. The van der Waals surface area contributed by atoms with Crippen molar-refractivity contribution >= 4 is 63.1 Å². The highest BCUT2D eigenvalue weighted by Gasteiger charge is 2.36. The molecule has 2 aliphatic heterocycles. The summed E-state index contributed by atoms with van der Waals surface area (Å²) in [5, 5.41) is 5.92. The number of ether oxygens (including phenoxy) is 1. The van der Waals surface area contributed by atoms with Crippen molar-refractivity contribution in [3.05, 3.63) is 61.9 Å². The minimum absolute atomic E-state index is 0.144. The number of hydrogen-bond donors (Lipinski definition) is 1. The number of halogens is 2. The van der Waals surface area contributed by atoms with Gasteiger partial charge < -0.3 is 19.7 Å². The Labute approximate surface area is 257 Å². The first kappa shape index (κ1) is 31.4. The Morgan fingerprint density at radius 3 is 2.80 bits per heavy atom. The molecule has 0 bridgehead atoms. The molecule has 220 valence electrons. The first-order valence-electron chi connectivity index (χ1n) is 13.1. The lowest BCUT2D eigenvalue weighted by Gasteiger charge is -2.42. The maximum Gasteiger partial charge on any atom is 0.338 e. The molecule has 1 aromatic heterocycles. The van der Waals surface area contributed by atoms with E-state index >= 15 is 0 Å². The van der Waals surface area contributed by atoms with Crippen molar-refractivity contribution in [1.82, 2.24) is 25.0 Å². The van der Waals surface area contributed by atoms with Crippen molar-refractivity contribution in [2.24, 2.45) is 10.4 Å². The Bertz CT molecular complexity index is 1340. The van der Waals surface area contributed by atoms with E-state index in [0.717, 1.165) is 19.4 Å². The van der Waals surface area contributed by atoms with Gasteiger partial charge in [0.1, 0.15) is 18.1 Å². The molecule has 0 saturated carbocycles. The zero-order valence-electron chi connectivity index (χ0n) is 23.5. The SMILES string of the molecule is COC(=O)C1=C(CN2CCN(C)[C@H](CN(C=S)CC(C)(C)C=O)C2)NC(c2nccs2)=NC1c1ccc(F)cc1Br. The molecule has 41 heavy (non-hydrogen) atoms. The number of hydrogen-bond acceptors (Lipinski definition) is 10. The van der Waals surface area contributed by atoms with Crippen molar-refractivity contribution in [3.63, 3.8) is 0 Å². The highest BCUT2D eigenvalue weighted by Crippen LogP contribution is 2.37. The van der Waals surface area contributed by atoms with E-state index in [-0.39, 0.29) is 6.04 Å². The van der Waals surface area contributed by atoms with E-state index in [1.54, 1.807) is 17.8 Å². The van der Waals surface area contributed by atoms with Crippen LogP contribution in [-0.2, 0) is 14.3 Å². The van der Waals surface area contributed by atoms with Crippen LogP contribution in [-0.4, -0.2) is 103 Å². The minimum atomic E-state index is -0.730. The molecular formula is C28H34BrFN6O3S2. The van der Waals surface area contributed by atoms with Crippen LogP contribution < -0.4 is 5.32 Å². The first-order chi connectivity index (χ1) is 19.5. The van der Waals surface area contributed by atoms with E-state index in [9.17, 15) is 14.0 Å². The van der Waals surface area contributed by atoms with E-state index in [1.165, 1.54) is 30.6 Å². The van der Waals surface area contributed by atoms with Crippen LogP contribution in [0.1, 0.15) is 30.5 Å². The molecule has 2 atom stereocenters. The molecule has 0 amide bonds. The summed E-state index contributed by atoms with van der Waals surface area (Å²) in [5.74, 6) is -0.366. The van der Waals surface area contributed by atoms with Crippen molar-refractivity contribution in [2.75, 3.05) is 53.4 Å². The molecule has 1 saturated heterocycles. The number of carbonyl (C=O) groups excluding carboxylic acids is 2. The first-order valence-corrected chi connectivity index (χ1v) is 15.3. The van der Waals surface area contributed by atoms with Crippen molar-refractivity contribution in [1.29, 1.82) is 0 Å². The number of rotatable bonds is 11. The van der Waals surface area contributed by atoms with Gasteiger partial charge >= 0.3 is 5.97 Å².